The number of rotatable bonds is 6. The molecule has 0 spiro atoms. The van der Waals surface area contributed by atoms with Crippen molar-refractivity contribution in [3.63, 3.8) is 0 Å². The molecule has 37 heavy (non-hydrogen) atoms. The molecule has 2 saturated heterocycles. The number of nitrogens with one attached hydrogen (secondary N) is 2. The zero-order valence-corrected chi connectivity index (χ0v) is 20.4. The van der Waals surface area contributed by atoms with Crippen molar-refractivity contribution >= 4 is 40.9 Å². The molecule has 2 bridgehead atoms. The largest absolute Gasteiger partial charge is 0.573 e. The van der Waals surface area contributed by atoms with E-state index in [2.05, 4.69) is 15.4 Å². The summed E-state index contributed by atoms with van der Waals surface area (Å²) in [7, 11) is 0. The third-order valence-corrected chi connectivity index (χ3v) is 6.42. The molecule has 0 aromatic heterocycles. The Morgan fingerprint density at radius 1 is 1.14 bits per heavy atom. The van der Waals surface area contributed by atoms with Gasteiger partial charge in [0, 0.05) is 60.9 Å². The van der Waals surface area contributed by atoms with Gasteiger partial charge in [-0.3, -0.25) is 9.59 Å². The van der Waals surface area contributed by atoms with Crippen molar-refractivity contribution in [3.05, 3.63) is 58.9 Å². The highest BCUT2D eigenvalue weighted by Crippen LogP contribution is 2.36. The van der Waals surface area contributed by atoms with E-state index in [4.69, 9.17) is 16.3 Å². The average Bonchev–Trinajstić information content (AvgIpc) is 2.80. The summed E-state index contributed by atoms with van der Waals surface area (Å²) in [6.07, 6.45) is -2.43. The van der Waals surface area contributed by atoms with Crippen molar-refractivity contribution in [1.29, 1.82) is 0 Å². The molecule has 2 heterocycles. The molecule has 2 fully saturated rings. The van der Waals surface area contributed by atoms with Gasteiger partial charge in [-0.05, 0) is 42.5 Å². The third-order valence-electron chi connectivity index (χ3n) is 6.12. The number of carbonyl (C=O) groups excluding carboxylic acids is 2. The molecular weight excluding hydrogens is 518 g/mol. The van der Waals surface area contributed by atoms with Crippen LogP contribution in [-0.2, 0) is 14.3 Å². The SMILES string of the molecule is CC(=O)Nc1cc(Cl)c(OC(F)(F)F)cc1C=CC(=O)N1C[C@H]2COC[C@@H](C1)C2Nc1ccc(F)cc1. The lowest BCUT2D eigenvalue weighted by Crippen LogP contribution is -2.59. The number of alkyl halides is 3. The number of fused-ring (bicyclic) bond motifs is 2. The molecule has 0 radical (unpaired) electrons. The predicted octanol–water partition coefficient (Wildman–Crippen LogP) is 4.93. The monoisotopic (exact) mass is 541 g/mol. The maximum absolute atomic E-state index is 13.3. The Hall–Kier alpha value is -3.31. The molecule has 4 rings (SSSR count). The van der Waals surface area contributed by atoms with Gasteiger partial charge in [-0.15, -0.1) is 13.2 Å². The lowest BCUT2D eigenvalue weighted by Gasteiger charge is -2.47. The molecule has 198 valence electrons. The van der Waals surface area contributed by atoms with Crippen LogP contribution in [0.1, 0.15) is 12.5 Å². The minimum Gasteiger partial charge on any atom is -0.404 e. The van der Waals surface area contributed by atoms with E-state index in [0.717, 1.165) is 17.8 Å². The summed E-state index contributed by atoms with van der Waals surface area (Å²) >= 11 is 5.90. The summed E-state index contributed by atoms with van der Waals surface area (Å²) in [6, 6.07) is 8.21. The van der Waals surface area contributed by atoms with Gasteiger partial charge in [-0.25, -0.2) is 4.39 Å². The molecule has 2 aliphatic heterocycles. The van der Waals surface area contributed by atoms with Crippen molar-refractivity contribution in [2.45, 2.75) is 19.3 Å². The minimum absolute atomic E-state index is 0.0211. The van der Waals surface area contributed by atoms with E-state index in [-0.39, 0.29) is 45.9 Å². The highest BCUT2D eigenvalue weighted by atomic mass is 35.5. The first kappa shape index (κ1) is 26.7. The molecule has 1 unspecified atom stereocenters. The second-order valence-corrected chi connectivity index (χ2v) is 9.32. The molecule has 2 aromatic carbocycles. The smallest absolute Gasteiger partial charge is 0.404 e. The molecule has 2 aromatic rings. The van der Waals surface area contributed by atoms with Gasteiger partial charge >= 0.3 is 6.36 Å². The standard InChI is InChI=1S/C25H24ClF4N3O4/c1-14(34)31-21-9-20(26)22(37-25(28,29)30)8-15(21)2-7-23(35)33-10-16-12-36-13-17(11-33)24(16)32-19-5-3-18(27)4-6-19/h2-9,16-17,24,32H,10-13H2,1H3,(H,31,34)/t16-,17+,24?. The van der Waals surface area contributed by atoms with E-state index in [1.165, 1.54) is 31.2 Å². The van der Waals surface area contributed by atoms with Crippen molar-refractivity contribution in [2.24, 2.45) is 11.8 Å². The van der Waals surface area contributed by atoms with E-state index >= 15 is 0 Å². The first-order valence-electron chi connectivity index (χ1n) is 11.4. The van der Waals surface area contributed by atoms with E-state index in [1.54, 1.807) is 17.0 Å². The Morgan fingerprint density at radius 3 is 2.38 bits per heavy atom. The molecule has 7 nitrogen and oxygen atoms in total. The zero-order chi connectivity index (χ0) is 26.7. The summed E-state index contributed by atoms with van der Waals surface area (Å²) in [5.41, 5.74) is 1.01. The molecule has 2 amide bonds. The number of nitrogens with zero attached hydrogens (tertiary/aromatic N) is 1. The summed E-state index contributed by atoms with van der Waals surface area (Å²) in [4.78, 5) is 26.2. The van der Waals surface area contributed by atoms with Gasteiger partial charge in [0.1, 0.15) is 11.6 Å². The van der Waals surface area contributed by atoms with Gasteiger partial charge in [-0.1, -0.05) is 11.6 Å². The van der Waals surface area contributed by atoms with Gasteiger partial charge in [0.2, 0.25) is 11.8 Å². The lowest BCUT2D eigenvalue weighted by atomic mass is 9.82. The van der Waals surface area contributed by atoms with Crippen LogP contribution in [0.15, 0.2) is 42.5 Å². The van der Waals surface area contributed by atoms with Crippen LogP contribution in [0.2, 0.25) is 5.02 Å². The van der Waals surface area contributed by atoms with Crippen LogP contribution in [0.25, 0.3) is 6.08 Å². The van der Waals surface area contributed by atoms with Crippen LogP contribution >= 0.6 is 11.6 Å². The molecule has 3 atom stereocenters. The first-order chi connectivity index (χ1) is 17.5. The van der Waals surface area contributed by atoms with Crippen LogP contribution in [0, 0.1) is 17.7 Å². The number of hydrogen-bond donors (Lipinski definition) is 2. The molecule has 12 heteroatoms. The second-order valence-electron chi connectivity index (χ2n) is 8.91. The number of carbonyl (C=O) groups is 2. The predicted molar refractivity (Wildman–Crippen MR) is 130 cm³/mol. The topological polar surface area (TPSA) is 79.9 Å². The number of ether oxygens (including phenoxy) is 2. The van der Waals surface area contributed by atoms with Crippen molar-refractivity contribution in [2.75, 3.05) is 36.9 Å². The number of anilines is 2. The van der Waals surface area contributed by atoms with Crippen LogP contribution in [0.5, 0.6) is 5.75 Å². The maximum atomic E-state index is 13.3. The number of hydrogen-bond acceptors (Lipinski definition) is 5. The van der Waals surface area contributed by atoms with E-state index in [0.29, 0.717) is 26.3 Å². The Labute approximate surface area is 215 Å². The van der Waals surface area contributed by atoms with Crippen LogP contribution < -0.4 is 15.4 Å². The number of benzene rings is 2. The van der Waals surface area contributed by atoms with Crippen molar-refractivity contribution < 1.29 is 36.6 Å². The quantitative estimate of drug-likeness (QED) is 0.400. The number of piperidine rings is 1. The zero-order valence-electron chi connectivity index (χ0n) is 19.6. The lowest BCUT2D eigenvalue weighted by molar-refractivity contribution is -0.274. The van der Waals surface area contributed by atoms with E-state index < -0.39 is 18.0 Å². The van der Waals surface area contributed by atoms with Crippen molar-refractivity contribution in [1.82, 2.24) is 4.90 Å². The minimum atomic E-state index is -4.97. The van der Waals surface area contributed by atoms with Gasteiger partial charge in [0.25, 0.3) is 0 Å². The highest BCUT2D eigenvalue weighted by molar-refractivity contribution is 6.32. The first-order valence-corrected chi connectivity index (χ1v) is 11.8. The van der Waals surface area contributed by atoms with E-state index in [1.807, 2.05) is 0 Å². The Bertz CT molecular complexity index is 1180. The number of amides is 2. The average molecular weight is 542 g/mol. The second kappa shape index (κ2) is 11.0. The van der Waals surface area contributed by atoms with Crippen LogP contribution in [0.3, 0.4) is 0 Å². The van der Waals surface area contributed by atoms with E-state index in [9.17, 15) is 27.2 Å². The maximum Gasteiger partial charge on any atom is 0.573 e. The normalized spacial score (nSPS) is 21.6. The third kappa shape index (κ3) is 6.92. The highest BCUT2D eigenvalue weighted by Gasteiger charge is 2.41. The summed E-state index contributed by atoms with van der Waals surface area (Å²) < 4.78 is 61.2. The fraction of sp³-hybridized carbons (Fsp3) is 0.360. The molecule has 2 N–H and O–H groups in total. The van der Waals surface area contributed by atoms with Crippen LogP contribution in [0.4, 0.5) is 28.9 Å². The number of likely N-dealkylation sites (tertiary alicyclic amines) is 1. The van der Waals surface area contributed by atoms with Crippen LogP contribution in [-0.4, -0.2) is 55.4 Å². The van der Waals surface area contributed by atoms with Gasteiger partial charge < -0.3 is 25.0 Å². The number of halogens is 5. The molecule has 2 aliphatic rings. The summed E-state index contributed by atoms with van der Waals surface area (Å²) in [5.74, 6) is -1.85. The Kier molecular flexibility index (Phi) is 7.93. The Morgan fingerprint density at radius 2 is 1.78 bits per heavy atom. The van der Waals surface area contributed by atoms with Gasteiger partial charge in [0.15, 0.2) is 0 Å². The molecular formula is C25H24ClF4N3O4. The van der Waals surface area contributed by atoms with Gasteiger partial charge in [-0.2, -0.15) is 0 Å². The summed E-state index contributed by atoms with van der Waals surface area (Å²) in [5, 5.41) is 5.56. The molecule has 0 saturated carbocycles. The van der Waals surface area contributed by atoms with Crippen molar-refractivity contribution in [3.8, 4) is 5.75 Å². The fourth-order valence-corrected chi connectivity index (χ4v) is 4.77. The summed E-state index contributed by atoms with van der Waals surface area (Å²) in [6.45, 7) is 2.88. The fourth-order valence-electron chi connectivity index (χ4n) is 4.56. The Balaban J connectivity index is 1.50. The van der Waals surface area contributed by atoms with Gasteiger partial charge in [0.05, 0.1) is 18.2 Å². The molecule has 0 aliphatic carbocycles.